The van der Waals surface area contributed by atoms with E-state index < -0.39 is 17.8 Å². The SMILES string of the molecule is COc1ccc(/C=C2\C(=O)NC(=O)N(c3ccc(C)cc3C)C2=O)c(Cc2cccc(F)c2)c1. The molecular formula is C27H23FN2O4. The number of hydrogen-bond acceptors (Lipinski definition) is 4. The molecular weight excluding hydrogens is 435 g/mol. The Kier molecular flexibility index (Phi) is 6.27. The van der Waals surface area contributed by atoms with Crippen LogP contribution in [-0.2, 0) is 16.0 Å². The maximum absolute atomic E-state index is 13.7. The number of barbiturate groups is 1. The van der Waals surface area contributed by atoms with Gasteiger partial charge >= 0.3 is 6.03 Å². The van der Waals surface area contributed by atoms with Gasteiger partial charge in [-0.25, -0.2) is 14.1 Å². The quantitative estimate of drug-likeness (QED) is 0.444. The highest BCUT2D eigenvalue weighted by molar-refractivity contribution is 6.39. The molecule has 0 radical (unpaired) electrons. The summed E-state index contributed by atoms with van der Waals surface area (Å²) in [7, 11) is 1.53. The molecule has 0 spiro atoms. The van der Waals surface area contributed by atoms with E-state index in [1.165, 1.54) is 25.3 Å². The van der Waals surface area contributed by atoms with Crippen LogP contribution in [0.25, 0.3) is 6.08 Å². The monoisotopic (exact) mass is 458 g/mol. The van der Waals surface area contributed by atoms with Crippen LogP contribution >= 0.6 is 0 Å². The van der Waals surface area contributed by atoms with Gasteiger partial charge in [-0.05, 0) is 78.9 Å². The first-order chi connectivity index (χ1) is 16.3. The second-order valence-electron chi connectivity index (χ2n) is 8.12. The number of aryl methyl sites for hydroxylation is 2. The Hall–Kier alpha value is -4.26. The predicted molar refractivity (Wildman–Crippen MR) is 127 cm³/mol. The van der Waals surface area contributed by atoms with Crippen molar-refractivity contribution in [3.63, 3.8) is 0 Å². The van der Waals surface area contributed by atoms with Crippen molar-refractivity contribution < 1.29 is 23.5 Å². The number of ether oxygens (including phenoxy) is 1. The summed E-state index contributed by atoms with van der Waals surface area (Å²) in [6.45, 7) is 3.71. The van der Waals surface area contributed by atoms with Crippen molar-refractivity contribution in [3.8, 4) is 5.75 Å². The fourth-order valence-corrected chi connectivity index (χ4v) is 3.96. The van der Waals surface area contributed by atoms with Crippen molar-refractivity contribution in [3.05, 3.63) is 99.9 Å². The molecule has 1 N–H and O–H groups in total. The molecule has 3 aromatic rings. The molecule has 0 saturated carbocycles. The van der Waals surface area contributed by atoms with E-state index in [1.807, 2.05) is 13.0 Å². The number of methoxy groups -OCH3 is 1. The minimum Gasteiger partial charge on any atom is -0.497 e. The van der Waals surface area contributed by atoms with Gasteiger partial charge in [0, 0.05) is 0 Å². The third kappa shape index (κ3) is 4.59. The van der Waals surface area contributed by atoms with Crippen molar-refractivity contribution in [1.82, 2.24) is 5.32 Å². The molecule has 1 saturated heterocycles. The topological polar surface area (TPSA) is 75.7 Å². The normalized spacial score (nSPS) is 15.0. The molecule has 34 heavy (non-hydrogen) atoms. The Bertz CT molecular complexity index is 1350. The van der Waals surface area contributed by atoms with Gasteiger partial charge in [0.25, 0.3) is 11.8 Å². The Morgan fingerprint density at radius 2 is 1.79 bits per heavy atom. The van der Waals surface area contributed by atoms with Crippen molar-refractivity contribution in [2.75, 3.05) is 12.0 Å². The van der Waals surface area contributed by atoms with E-state index in [-0.39, 0.29) is 11.4 Å². The number of hydrogen-bond donors (Lipinski definition) is 1. The molecule has 172 valence electrons. The summed E-state index contributed by atoms with van der Waals surface area (Å²) in [6, 6.07) is 15.9. The average molecular weight is 458 g/mol. The number of amides is 4. The summed E-state index contributed by atoms with van der Waals surface area (Å²) in [6.07, 6.45) is 1.80. The zero-order chi connectivity index (χ0) is 24.4. The van der Waals surface area contributed by atoms with E-state index in [2.05, 4.69) is 5.32 Å². The maximum Gasteiger partial charge on any atom is 0.335 e. The number of benzene rings is 3. The van der Waals surface area contributed by atoms with E-state index in [9.17, 15) is 18.8 Å². The lowest BCUT2D eigenvalue weighted by molar-refractivity contribution is -0.122. The summed E-state index contributed by atoms with van der Waals surface area (Å²) >= 11 is 0. The number of anilines is 1. The Morgan fingerprint density at radius 1 is 1.00 bits per heavy atom. The average Bonchev–Trinajstić information content (AvgIpc) is 2.78. The number of urea groups is 1. The van der Waals surface area contributed by atoms with Crippen LogP contribution in [0.3, 0.4) is 0 Å². The minimum absolute atomic E-state index is 0.176. The molecule has 4 rings (SSSR count). The Balaban J connectivity index is 1.77. The highest BCUT2D eigenvalue weighted by atomic mass is 19.1. The van der Waals surface area contributed by atoms with E-state index >= 15 is 0 Å². The fourth-order valence-electron chi connectivity index (χ4n) is 3.96. The zero-order valence-corrected chi connectivity index (χ0v) is 19.0. The van der Waals surface area contributed by atoms with Gasteiger partial charge in [-0.2, -0.15) is 0 Å². The first kappa shape index (κ1) is 22.9. The maximum atomic E-state index is 13.7. The van der Waals surface area contributed by atoms with E-state index in [0.29, 0.717) is 23.4 Å². The van der Waals surface area contributed by atoms with Gasteiger partial charge in [0.2, 0.25) is 0 Å². The van der Waals surface area contributed by atoms with Crippen molar-refractivity contribution >= 4 is 29.6 Å². The lowest BCUT2D eigenvalue weighted by Crippen LogP contribution is -2.54. The number of carbonyl (C=O) groups is 3. The molecule has 1 heterocycles. The van der Waals surface area contributed by atoms with E-state index in [0.717, 1.165) is 27.2 Å². The molecule has 0 atom stereocenters. The van der Waals surface area contributed by atoms with Crippen LogP contribution in [0.2, 0.25) is 0 Å². The molecule has 3 aromatic carbocycles. The number of rotatable bonds is 5. The fraction of sp³-hybridized carbons (Fsp3) is 0.148. The third-order valence-electron chi connectivity index (χ3n) is 5.63. The Morgan fingerprint density at radius 3 is 2.50 bits per heavy atom. The van der Waals surface area contributed by atoms with Crippen LogP contribution in [0.5, 0.6) is 5.75 Å². The molecule has 6 nitrogen and oxygen atoms in total. The summed E-state index contributed by atoms with van der Waals surface area (Å²) < 4.78 is 19.0. The zero-order valence-electron chi connectivity index (χ0n) is 19.0. The van der Waals surface area contributed by atoms with Crippen LogP contribution in [0.4, 0.5) is 14.9 Å². The lowest BCUT2D eigenvalue weighted by Gasteiger charge is -2.27. The van der Waals surface area contributed by atoms with Crippen LogP contribution in [-0.4, -0.2) is 25.0 Å². The smallest absolute Gasteiger partial charge is 0.335 e. The first-order valence-corrected chi connectivity index (χ1v) is 10.7. The summed E-state index contributed by atoms with van der Waals surface area (Å²) in [5.74, 6) is -1.26. The molecule has 0 aromatic heterocycles. The highest BCUT2D eigenvalue weighted by Crippen LogP contribution is 2.28. The van der Waals surface area contributed by atoms with Crippen LogP contribution in [0, 0.1) is 19.7 Å². The molecule has 1 fully saturated rings. The number of imide groups is 2. The van der Waals surface area contributed by atoms with Crippen LogP contribution in [0.1, 0.15) is 27.8 Å². The molecule has 1 aliphatic heterocycles. The minimum atomic E-state index is -0.797. The predicted octanol–water partition coefficient (Wildman–Crippen LogP) is 4.71. The standard InChI is InChI=1S/C27H23FN2O4/c1-16-7-10-24(17(2)11-16)30-26(32)23(25(31)29-27(30)33)15-19-8-9-22(34-3)14-20(19)12-18-5-4-6-21(28)13-18/h4-11,13-15H,12H2,1-3H3,(H,29,31,33)/b23-15+. The van der Waals surface area contributed by atoms with Crippen LogP contribution in [0.15, 0.2) is 66.2 Å². The molecule has 4 amide bonds. The number of carbonyl (C=O) groups excluding carboxylic acids is 3. The summed E-state index contributed by atoms with van der Waals surface area (Å²) in [5, 5.41) is 2.25. The molecule has 7 heteroatoms. The van der Waals surface area contributed by atoms with Crippen molar-refractivity contribution in [1.29, 1.82) is 0 Å². The van der Waals surface area contributed by atoms with Gasteiger partial charge in [-0.1, -0.05) is 35.9 Å². The second-order valence-corrected chi connectivity index (χ2v) is 8.12. The lowest BCUT2D eigenvalue weighted by atomic mass is 9.96. The van der Waals surface area contributed by atoms with Crippen LogP contribution < -0.4 is 15.0 Å². The Labute approximate surface area is 196 Å². The molecule has 0 unspecified atom stereocenters. The van der Waals surface area contributed by atoms with Gasteiger partial charge < -0.3 is 4.74 Å². The molecule has 0 bridgehead atoms. The summed E-state index contributed by atoms with van der Waals surface area (Å²) in [5.41, 5.74) is 3.98. The highest BCUT2D eigenvalue weighted by Gasteiger charge is 2.37. The van der Waals surface area contributed by atoms with Crippen molar-refractivity contribution in [2.24, 2.45) is 0 Å². The van der Waals surface area contributed by atoms with Gasteiger partial charge in [0.15, 0.2) is 0 Å². The summed E-state index contributed by atoms with van der Waals surface area (Å²) in [4.78, 5) is 39.5. The number of nitrogens with zero attached hydrogens (tertiary/aromatic N) is 1. The molecule has 0 aliphatic carbocycles. The second kappa shape index (κ2) is 9.31. The van der Waals surface area contributed by atoms with E-state index in [1.54, 1.807) is 49.4 Å². The van der Waals surface area contributed by atoms with E-state index in [4.69, 9.17) is 4.74 Å². The number of nitrogens with one attached hydrogen (secondary N) is 1. The first-order valence-electron chi connectivity index (χ1n) is 10.7. The largest absolute Gasteiger partial charge is 0.497 e. The molecule has 1 aliphatic rings. The van der Waals surface area contributed by atoms with Crippen molar-refractivity contribution in [2.45, 2.75) is 20.3 Å². The van der Waals surface area contributed by atoms with Gasteiger partial charge in [0.05, 0.1) is 12.8 Å². The third-order valence-corrected chi connectivity index (χ3v) is 5.63. The van der Waals surface area contributed by atoms with Gasteiger partial charge in [0.1, 0.15) is 17.1 Å². The van der Waals surface area contributed by atoms with Gasteiger partial charge in [-0.15, -0.1) is 0 Å². The van der Waals surface area contributed by atoms with Gasteiger partial charge in [-0.3, -0.25) is 14.9 Å². The number of halogens is 1.